The summed E-state index contributed by atoms with van der Waals surface area (Å²) in [6, 6.07) is 0. The SMILES string of the molecule is Cn1c(=O)c2c(nc(Cl)n2CC(=O)NCC2C3CC4CC(C3)CC2C4)n(C)c1=O. The Bertz CT molecular complexity index is 1090. The lowest BCUT2D eigenvalue weighted by Gasteiger charge is -2.54. The number of hydrogen-bond acceptors (Lipinski definition) is 4. The summed E-state index contributed by atoms with van der Waals surface area (Å²) in [7, 11) is 2.94. The van der Waals surface area contributed by atoms with Crippen molar-refractivity contribution in [3.8, 4) is 0 Å². The third kappa shape index (κ3) is 2.95. The number of amides is 1. The molecule has 4 bridgehead atoms. The van der Waals surface area contributed by atoms with Gasteiger partial charge in [0.15, 0.2) is 11.2 Å². The van der Waals surface area contributed by atoms with Crippen LogP contribution in [0.15, 0.2) is 9.59 Å². The molecule has 0 aromatic carbocycles. The Balaban J connectivity index is 1.34. The first kappa shape index (κ1) is 18.9. The number of fused-ring (bicyclic) bond motifs is 1. The quantitative estimate of drug-likeness (QED) is 0.755. The summed E-state index contributed by atoms with van der Waals surface area (Å²) in [6.07, 6.45) is 6.67. The molecule has 0 aliphatic heterocycles. The van der Waals surface area contributed by atoms with E-state index in [0.29, 0.717) is 12.5 Å². The number of rotatable bonds is 4. The van der Waals surface area contributed by atoms with E-state index < -0.39 is 11.2 Å². The van der Waals surface area contributed by atoms with Crippen LogP contribution < -0.4 is 16.6 Å². The molecule has 2 aromatic heterocycles. The molecule has 0 radical (unpaired) electrons. The Morgan fingerprint density at radius 1 is 1.07 bits per heavy atom. The van der Waals surface area contributed by atoms with Gasteiger partial charge in [0.2, 0.25) is 11.2 Å². The molecule has 0 unspecified atom stereocenters. The molecule has 1 amide bonds. The van der Waals surface area contributed by atoms with E-state index in [4.69, 9.17) is 11.6 Å². The summed E-state index contributed by atoms with van der Waals surface area (Å²) in [5, 5.41) is 3.11. The maximum atomic E-state index is 12.7. The number of aryl methyl sites for hydroxylation is 1. The van der Waals surface area contributed by atoms with Crippen molar-refractivity contribution in [1.29, 1.82) is 0 Å². The number of aromatic nitrogens is 4. The van der Waals surface area contributed by atoms with Gasteiger partial charge in [0.05, 0.1) is 0 Å². The molecule has 4 fully saturated rings. The molecule has 0 atom stereocenters. The second-order valence-electron chi connectivity index (χ2n) is 9.24. The molecule has 6 rings (SSSR count). The van der Waals surface area contributed by atoms with E-state index in [0.717, 1.165) is 28.2 Å². The fourth-order valence-electron chi connectivity index (χ4n) is 6.37. The molecular formula is C20H26ClN5O3. The van der Waals surface area contributed by atoms with E-state index in [2.05, 4.69) is 10.3 Å². The van der Waals surface area contributed by atoms with Gasteiger partial charge in [-0.05, 0) is 73.3 Å². The summed E-state index contributed by atoms with van der Waals surface area (Å²) in [5.74, 6) is 3.68. The highest BCUT2D eigenvalue weighted by Gasteiger charge is 2.47. The number of nitrogens with one attached hydrogen (secondary N) is 1. The Morgan fingerprint density at radius 2 is 1.69 bits per heavy atom. The van der Waals surface area contributed by atoms with Gasteiger partial charge in [0.1, 0.15) is 6.54 Å². The third-order valence-electron chi connectivity index (χ3n) is 7.56. The van der Waals surface area contributed by atoms with Crippen LogP contribution in [0.3, 0.4) is 0 Å². The van der Waals surface area contributed by atoms with Crippen molar-refractivity contribution < 1.29 is 4.79 Å². The van der Waals surface area contributed by atoms with E-state index in [-0.39, 0.29) is 28.9 Å². The normalized spacial score (nSPS) is 30.2. The highest BCUT2D eigenvalue weighted by Crippen LogP contribution is 2.56. The van der Waals surface area contributed by atoms with Crippen LogP contribution >= 0.6 is 11.6 Å². The molecule has 2 aromatic rings. The molecule has 9 heteroatoms. The van der Waals surface area contributed by atoms with Crippen LogP contribution in [0.1, 0.15) is 32.1 Å². The predicted molar refractivity (Wildman–Crippen MR) is 109 cm³/mol. The van der Waals surface area contributed by atoms with Gasteiger partial charge in [-0.3, -0.25) is 23.3 Å². The highest BCUT2D eigenvalue weighted by molar-refractivity contribution is 6.29. The Kier molecular flexibility index (Phi) is 4.38. The molecule has 2 heterocycles. The van der Waals surface area contributed by atoms with Crippen molar-refractivity contribution in [3.63, 3.8) is 0 Å². The van der Waals surface area contributed by atoms with E-state index in [1.807, 2.05) is 0 Å². The molecule has 8 nitrogen and oxygen atoms in total. The molecule has 4 aliphatic carbocycles. The maximum Gasteiger partial charge on any atom is 0.332 e. The third-order valence-corrected chi connectivity index (χ3v) is 7.85. The number of carbonyl (C=O) groups excluding carboxylic acids is 1. The number of carbonyl (C=O) groups is 1. The average molecular weight is 420 g/mol. The molecule has 0 saturated heterocycles. The summed E-state index contributed by atoms with van der Waals surface area (Å²) in [6.45, 7) is 0.602. The van der Waals surface area contributed by atoms with E-state index in [1.54, 1.807) is 0 Å². The van der Waals surface area contributed by atoms with Crippen LogP contribution in [0.2, 0.25) is 5.28 Å². The lowest BCUT2D eigenvalue weighted by molar-refractivity contribution is -0.122. The second-order valence-corrected chi connectivity index (χ2v) is 9.58. The summed E-state index contributed by atoms with van der Waals surface area (Å²) >= 11 is 6.22. The number of halogens is 1. The average Bonchev–Trinajstić information content (AvgIpc) is 3.00. The molecule has 4 saturated carbocycles. The Hall–Kier alpha value is -2.09. The minimum atomic E-state index is -0.503. The Morgan fingerprint density at radius 3 is 2.31 bits per heavy atom. The zero-order chi connectivity index (χ0) is 20.4. The fraction of sp³-hybridized carbons (Fsp3) is 0.700. The summed E-state index contributed by atoms with van der Waals surface area (Å²) in [5.41, 5.74) is -0.618. The topological polar surface area (TPSA) is 90.9 Å². The van der Waals surface area contributed by atoms with Gasteiger partial charge < -0.3 is 5.32 Å². The summed E-state index contributed by atoms with van der Waals surface area (Å²) < 4.78 is 3.67. The maximum absolute atomic E-state index is 12.7. The molecule has 0 spiro atoms. The van der Waals surface area contributed by atoms with Gasteiger partial charge in [0, 0.05) is 20.6 Å². The van der Waals surface area contributed by atoms with Crippen LogP contribution in [0.5, 0.6) is 0 Å². The molecule has 1 N–H and O–H groups in total. The van der Waals surface area contributed by atoms with Crippen LogP contribution in [0, 0.1) is 29.6 Å². The molecule has 156 valence electrons. The first-order valence-electron chi connectivity index (χ1n) is 10.4. The van der Waals surface area contributed by atoms with E-state index in [9.17, 15) is 14.4 Å². The number of nitrogens with zero attached hydrogens (tertiary/aromatic N) is 4. The monoisotopic (exact) mass is 419 g/mol. The van der Waals surface area contributed by atoms with Gasteiger partial charge in [-0.1, -0.05) is 0 Å². The fourth-order valence-corrected chi connectivity index (χ4v) is 6.59. The van der Waals surface area contributed by atoms with Gasteiger partial charge in [-0.15, -0.1) is 0 Å². The minimum absolute atomic E-state index is 0.0306. The molecule has 29 heavy (non-hydrogen) atoms. The number of hydrogen-bond donors (Lipinski definition) is 1. The second kappa shape index (κ2) is 6.72. The Labute approximate surface area is 172 Å². The van der Waals surface area contributed by atoms with Gasteiger partial charge in [0.25, 0.3) is 5.56 Å². The van der Waals surface area contributed by atoms with Crippen molar-refractivity contribution in [3.05, 3.63) is 26.1 Å². The van der Waals surface area contributed by atoms with Crippen molar-refractivity contribution in [1.82, 2.24) is 24.0 Å². The number of imidazole rings is 1. The van der Waals surface area contributed by atoms with Crippen molar-refractivity contribution in [2.75, 3.05) is 6.54 Å². The van der Waals surface area contributed by atoms with Crippen molar-refractivity contribution >= 4 is 28.7 Å². The van der Waals surface area contributed by atoms with Gasteiger partial charge >= 0.3 is 5.69 Å². The van der Waals surface area contributed by atoms with Gasteiger partial charge in [-0.2, -0.15) is 4.98 Å². The van der Waals surface area contributed by atoms with E-state index in [1.165, 1.54) is 55.3 Å². The molecule has 4 aliphatic rings. The zero-order valence-electron chi connectivity index (χ0n) is 16.7. The highest BCUT2D eigenvalue weighted by atomic mass is 35.5. The van der Waals surface area contributed by atoms with Crippen molar-refractivity contribution in [2.45, 2.75) is 38.6 Å². The lowest BCUT2D eigenvalue weighted by atomic mass is 9.52. The van der Waals surface area contributed by atoms with Crippen LogP contribution in [-0.4, -0.2) is 31.1 Å². The van der Waals surface area contributed by atoms with Gasteiger partial charge in [-0.25, -0.2) is 4.79 Å². The lowest BCUT2D eigenvalue weighted by Crippen LogP contribution is -2.49. The first-order valence-corrected chi connectivity index (χ1v) is 10.8. The molecular weight excluding hydrogens is 394 g/mol. The first-order chi connectivity index (χ1) is 13.8. The summed E-state index contributed by atoms with van der Waals surface area (Å²) in [4.78, 5) is 41.5. The van der Waals surface area contributed by atoms with Crippen LogP contribution in [-0.2, 0) is 25.4 Å². The smallest absolute Gasteiger partial charge is 0.332 e. The largest absolute Gasteiger partial charge is 0.354 e. The minimum Gasteiger partial charge on any atom is -0.354 e. The van der Waals surface area contributed by atoms with Crippen LogP contribution in [0.4, 0.5) is 0 Å². The zero-order valence-corrected chi connectivity index (χ0v) is 17.5. The standard InChI is InChI=1S/C20H26ClN5O3/c1-24-17-16(18(28)25(2)20(24)29)26(19(21)23-17)9-15(27)22-8-14-12-4-10-3-11(6-12)7-13(14)5-10/h10-14H,3-9H2,1-2H3,(H,22,27). The van der Waals surface area contributed by atoms with E-state index >= 15 is 0 Å². The van der Waals surface area contributed by atoms with Crippen molar-refractivity contribution in [2.24, 2.45) is 43.7 Å². The van der Waals surface area contributed by atoms with Crippen LogP contribution in [0.25, 0.3) is 11.2 Å². The predicted octanol–water partition coefficient (Wildman–Crippen LogP) is 1.28.